The Morgan fingerprint density at radius 2 is 1.64 bits per heavy atom. The number of piperidine rings is 1. The standard InChI is InChI=1S/C39H56N6O8/c1-9-10-20-26(32(47)34(49)40-21-27(46)42-29(35(50)44(7)8)23-16-12-11-13-17-23)41-33(48)31-28-25(39(28,5)6)22-45(31)36(51)30(24-18-14-15-19-24)43-37(52)53-38(2,3)4/h9,11-13,16-17,24-26,28-31H,1,10,14-15,18-22H2,2-8H3,(H,40,49)(H,41,48)(H,42,46)(H,43,52)/t25-,26?,28?,29-,30-,31-/m0/s1. The molecule has 1 aliphatic heterocycles. The number of likely N-dealkylation sites (N-methyl/N-ethyl adjacent to an activating group) is 1. The second kappa shape index (κ2) is 16.9. The Bertz CT molecular complexity index is 1560. The first kappa shape index (κ1) is 41.0. The van der Waals surface area contributed by atoms with Crippen LogP contribution in [0.15, 0.2) is 43.0 Å². The molecule has 1 saturated heterocycles. The Morgan fingerprint density at radius 1 is 1.00 bits per heavy atom. The van der Waals surface area contributed by atoms with Gasteiger partial charge in [-0.25, -0.2) is 4.79 Å². The van der Waals surface area contributed by atoms with E-state index in [0.717, 1.165) is 25.7 Å². The van der Waals surface area contributed by atoms with E-state index in [1.165, 1.54) is 9.80 Å². The maximum atomic E-state index is 14.3. The third-order valence-electron chi connectivity index (χ3n) is 10.6. The minimum atomic E-state index is -1.26. The van der Waals surface area contributed by atoms with Gasteiger partial charge >= 0.3 is 6.09 Å². The second-order valence-electron chi connectivity index (χ2n) is 16.2. The van der Waals surface area contributed by atoms with Gasteiger partial charge in [-0.2, -0.15) is 0 Å². The highest BCUT2D eigenvalue weighted by atomic mass is 16.6. The lowest BCUT2D eigenvalue weighted by atomic mass is 9.94. The van der Waals surface area contributed by atoms with E-state index in [2.05, 4.69) is 27.8 Å². The molecule has 53 heavy (non-hydrogen) atoms. The number of carbonyl (C=O) groups excluding carboxylic acids is 7. The zero-order valence-electron chi connectivity index (χ0n) is 32.0. The molecule has 1 aromatic rings. The molecule has 14 nitrogen and oxygen atoms in total. The molecule has 3 fully saturated rings. The van der Waals surface area contributed by atoms with Crippen molar-refractivity contribution in [3.05, 3.63) is 48.6 Å². The first-order valence-electron chi connectivity index (χ1n) is 18.5. The topological polar surface area (TPSA) is 183 Å². The van der Waals surface area contributed by atoms with Crippen LogP contribution in [0.4, 0.5) is 4.79 Å². The van der Waals surface area contributed by atoms with Gasteiger partial charge in [0.05, 0.1) is 12.6 Å². The van der Waals surface area contributed by atoms with Gasteiger partial charge in [-0.1, -0.05) is 63.1 Å². The molecule has 0 spiro atoms. The van der Waals surface area contributed by atoms with Gasteiger partial charge in [-0.15, -0.1) is 6.58 Å². The Hall–Kier alpha value is -4.75. The van der Waals surface area contributed by atoms with Crippen LogP contribution < -0.4 is 21.3 Å². The van der Waals surface area contributed by atoms with Crippen LogP contribution in [0.3, 0.4) is 0 Å². The Balaban J connectivity index is 1.46. The molecule has 0 radical (unpaired) electrons. The van der Waals surface area contributed by atoms with E-state index in [4.69, 9.17) is 4.74 Å². The first-order chi connectivity index (χ1) is 24.9. The summed E-state index contributed by atoms with van der Waals surface area (Å²) in [6, 6.07) is 4.54. The average molecular weight is 737 g/mol. The lowest BCUT2D eigenvalue weighted by Gasteiger charge is -2.35. The highest BCUT2D eigenvalue weighted by Gasteiger charge is 2.69. The van der Waals surface area contributed by atoms with Crippen LogP contribution in [-0.2, 0) is 33.5 Å². The fourth-order valence-corrected chi connectivity index (χ4v) is 7.72. The Labute approximate surface area is 312 Å². The van der Waals surface area contributed by atoms with E-state index in [0.29, 0.717) is 18.5 Å². The highest BCUT2D eigenvalue weighted by Crippen LogP contribution is 2.65. The number of Topliss-reactive ketones (excluding diaryl/α,β-unsaturated/α-hetero) is 1. The minimum absolute atomic E-state index is 0.0381. The van der Waals surface area contributed by atoms with Crippen molar-refractivity contribution >= 4 is 41.4 Å². The van der Waals surface area contributed by atoms with E-state index < -0.39 is 65.9 Å². The molecule has 290 valence electrons. The van der Waals surface area contributed by atoms with E-state index >= 15 is 0 Å². The summed E-state index contributed by atoms with van der Waals surface area (Å²) in [5.41, 5.74) is -0.463. The van der Waals surface area contributed by atoms with Gasteiger partial charge in [-0.3, -0.25) is 28.8 Å². The number of ketones is 1. The zero-order valence-corrected chi connectivity index (χ0v) is 32.0. The van der Waals surface area contributed by atoms with Crippen LogP contribution in [0, 0.1) is 23.2 Å². The van der Waals surface area contributed by atoms with Gasteiger partial charge in [0.1, 0.15) is 23.7 Å². The Morgan fingerprint density at radius 3 is 2.23 bits per heavy atom. The third-order valence-corrected chi connectivity index (χ3v) is 10.6. The van der Waals surface area contributed by atoms with Crippen LogP contribution >= 0.6 is 0 Å². The SMILES string of the molecule is C=CCCC(NC(=O)[C@@H]1C2[C@H](CN1C(=O)[C@@H](NC(=O)OC(C)(C)C)C1CCCC1)C2(C)C)C(=O)C(=O)NCC(=O)N[C@H](C(=O)N(C)C)c1ccccc1. The normalized spacial score (nSPS) is 21.9. The zero-order chi connectivity index (χ0) is 39.2. The Kier molecular flexibility index (Phi) is 13.1. The molecule has 4 rings (SSSR count). The minimum Gasteiger partial charge on any atom is -0.444 e. The average Bonchev–Trinajstić information content (AvgIpc) is 3.54. The molecule has 14 heteroatoms. The maximum absolute atomic E-state index is 14.3. The van der Waals surface area contributed by atoms with Gasteiger partial charge in [0.15, 0.2) is 0 Å². The second-order valence-corrected chi connectivity index (χ2v) is 16.2. The maximum Gasteiger partial charge on any atom is 0.408 e. The fourth-order valence-electron chi connectivity index (χ4n) is 7.72. The number of allylic oxidation sites excluding steroid dienone is 1. The molecule has 2 saturated carbocycles. The first-order valence-corrected chi connectivity index (χ1v) is 18.5. The molecular formula is C39H56N6O8. The summed E-state index contributed by atoms with van der Waals surface area (Å²) in [6.45, 7) is 12.7. The third kappa shape index (κ3) is 10.0. The largest absolute Gasteiger partial charge is 0.444 e. The summed E-state index contributed by atoms with van der Waals surface area (Å²) in [5, 5.41) is 10.5. The number of carbonyl (C=O) groups is 7. The molecule has 6 amide bonds. The van der Waals surface area contributed by atoms with Gasteiger partial charge in [0.25, 0.3) is 5.91 Å². The quantitative estimate of drug-likeness (QED) is 0.157. The number of ether oxygens (including phenoxy) is 1. The molecule has 1 heterocycles. The van der Waals surface area contributed by atoms with Crippen LogP contribution in [-0.4, -0.2) is 102 Å². The molecule has 2 aliphatic carbocycles. The number of fused-ring (bicyclic) bond motifs is 1. The summed E-state index contributed by atoms with van der Waals surface area (Å²) in [7, 11) is 3.12. The molecule has 2 unspecified atom stereocenters. The van der Waals surface area contributed by atoms with E-state index in [9.17, 15) is 33.6 Å². The van der Waals surface area contributed by atoms with Crippen molar-refractivity contribution in [2.75, 3.05) is 27.2 Å². The number of rotatable bonds is 15. The van der Waals surface area contributed by atoms with Gasteiger partial charge in [0.2, 0.25) is 29.4 Å². The summed E-state index contributed by atoms with van der Waals surface area (Å²) in [4.78, 5) is 96.6. The molecule has 4 N–H and O–H groups in total. The van der Waals surface area contributed by atoms with Crippen molar-refractivity contribution in [1.82, 2.24) is 31.1 Å². The van der Waals surface area contributed by atoms with Gasteiger partial charge in [0, 0.05) is 20.6 Å². The number of amides is 6. The van der Waals surface area contributed by atoms with Crippen LogP contribution in [0.5, 0.6) is 0 Å². The number of hydrogen-bond donors (Lipinski definition) is 4. The summed E-state index contributed by atoms with van der Waals surface area (Å²) < 4.78 is 5.48. The smallest absolute Gasteiger partial charge is 0.408 e. The molecule has 6 atom stereocenters. The number of likely N-dealkylation sites (tertiary alicyclic amines) is 1. The van der Waals surface area contributed by atoms with Crippen LogP contribution in [0.1, 0.15) is 84.7 Å². The van der Waals surface area contributed by atoms with E-state index in [1.807, 2.05) is 13.8 Å². The number of benzene rings is 1. The molecular weight excluding hydrogens is 680 g/mol. The molecule has 0 bridgehead atoms. The lowest BCUT2D eigenvalue weighted by Crippen LogP contribution is -2.59. The predicted molar refractivity (Wildman–Crippen MR) is 197 cm³/mol. The predicted octanol–water partition coefficient (Wildman–Crippen LogP) is 2.63. The van der Waals surface area contributed by atoms with Crippen molar-refractivity contribution in [1.29, 1.82) is 0 Å². The summed E-state index contributed by atoms with van der Waals surface area (Å²) in [6.07, 6.45) is 4.55. The van der Waals surface area contributed by atoms with Crippen molar-refractivity contribution in [2.24, 2.45) is 23.2 Å². The van der Waals surface area contributed by atoms with E-state index in [-0.39, 0.29) is 41.4 Å². The molecule has 1 aromatic carbocycles. The monoisotopic (exact) mass is 736 g/mol. The number of hydrogen-bond acceptors (Lipinski definition) is 8. The fraction of sp³-hybridized carbons (Fsp3) is 0.615. The number of nitrogens with one attached hydrogen (secondary N) is 4. The van der Waals surface area contributed by atoms with Crippen molar-refractivity contribution in [3.63, 3.8) is 0 Å². The highest BCUT2D eigenvalue weighted by molar-refractivity contribution is 6.38. The summed E-state index contributed by atoms with van der Waals surface area (Å²) >= 11 is 0. The van der Waals surface area contributed by atoms with Crippen molar-refractivity contribution < 1.29 is 38.3 Å². The van der Waals surface area contributed by atoms with Gasteiger partial charge in [-0.05, 0) is 75.2 Å². The molecule has 3 aliphatic rings. The number of alkyl carbamates (subject to hydrolysis) is 1. The molecule has 0 aromatic heterocycles. The summed E-state index contributed by atoms with van der Waals surface area (Å²) in [5.74, 6) is -4.33. The van der Waals surface area contributed by atoms with E-state index in [1.54, 1.807) is 71.3 Å². The van der Waals surface area contributed by atoms with Crippen LogP contribution in [0.2, 0.25) is 0 Å². The number of nitrogens with zero attached hydrogens (tertiary/aromatic N) is 2. The van der Waals surface area contributed by atoms with Gasteiger partial charge < -0.3 is 35.8 Å². The lowest BCUT2D eigenvalue weighted by molar-refractivity contribution is -0.145. The van der Waals surface area contributed by atoms with Crippen molar-refractivity contribution in [2.45, 2.75) is 103 Å². The van der Waals surface area contributed by atoms with Crippen LogP contribution in [0.25, 0.3) is 0 Å². The van der Waals surface area contributed by atoms with Crippen molar-refractivity contribution in [3.8, 4) is 0 Å².